The van der Waals surface area contributed by atoms with Crippen molar-refractivity contribution >= 4 is 23.5 Å². The number of carboxylic acid groups (broad SMARTS) is 1. The van der Waals surface area contributed by atoms with E-state index in [0.717, 1.165) is 12.8 Å². The minimum atomic E-state index is -1.08. The van der Waals surface area contributed by atoms with Gasteiger partial charge in [-0.3, -0.25) is 14.4 Å². The second kappa shape index (κ2) is 5.40. The van der Waals surface area contributed by atoms with Crippen molar-refractivity contribution in [2.45, 2.75) is 31.2 Å². The van der Waals surface area contributed by atoms with Crippen LogP contribution in [0.5, 0.6) is 0 Å². The van der Waals surface area contributed by atoms with Gasteiger partial charge in [-0.25, -0.2) is 4.39 Å². The second-order valence-electron chi connectivity index (χ2n) is 5.63. The van der Waals surface area contributed by atoms with E-state index < -0.39 is 17.7 Å². The fraction of sp³-hybridized carbons (Fsp3) is 0.400. The van der Waals surface area contributed by atoms with Crippen LogP contribution in [0.2, 0.25) is 0 Å². The summed E-state index contributed by atoms with van der Waals surface area (Å²) in [5.41, 5.74) is 0.808. The second-order valence-corrected chi connectivity index (χ2v) is 5.63. The Morgan fingerprint density at radius 1 is 1.36 bits per heavy atom. The molecule has 1 aliphatic carbocycles. The third kappa shape index (κ3) is 2.79. The SMILES string of the molecule is O=C(O)CN(C(=O)[C@@H]1CC(=O)Nc2cc(F)ccc21)C1CC1. The van der Waals surface area contributed by atoms with Crippen LogP contribution < -0.4 is 5.32 Å². The Kier molecular flexibility index (Phi) is 3.56. The number of halogens is 1. The first-order valence-electron chi connectivity index (χ1n) is 7.07. The number of nitrogens with one attached hydrogen (secondary N) is 1. The molecular weight excluding hydrogens is 291 g/mol. The van der Waals surface area contributed by atoms with Gasteiger partial charge in [0.05, 0.1) is 5.92 Å². The molecule has 0 unspecified atom stereocenters. The summed E-state index contributed by atoms with van der Waals surface area (Å²) in [6.07, 6.45) is 1.49. The van der Waals surface area contributed by atoms with E-state index in [1.54, 1.807) is 0 Å². The van der Waals surface area contributed by atoms with Crippen molar-refractivity contribution in [1.82, 2.24) is 4.90 Å². The molecule has 0 spiro atoms. The highest BCUT2D eigenvalue weighted by molar-refractivity contribution is 6.01. The monoisotopic (exact) mass is 306 g/mol. The molecule has 1 saturated carbocycles. The molecule has 1 atom stereocenters. The van der Waals surface area contributed by atoms with Gasteiger partial charge >= 0.3 is 5.97 Å². The van der Waals surface area contributed by atoms with Crippen molar-refractivity contribution in [2.24, 2.45) is 0 Å². The third-order valence-corrected chi connectivity index (χ3v) is 3.93. The lowest BCUT2D eigenvalue weighted by Crippen LogP contribution is -2.42. The number of nitrogens with zero attached hydrogens (tertiary/aromatic N) is 1. The first-order valence-corrected chi connectivity index (χ1v) is 7.07. The standard InChI is InChI=1S/C15H15FN2O4/c16-8-1-4-10-11(6-13(19)17-12(10)5-8)15(22)18(7-14(20)21)9-2-3-9/h1,4-5,9,11H,2-3,6-7H2,(H,17,19)(H,20,21)/t11-/m1/s1. The summed E-state index contributed by atoms with van der Waals surface area (Å²) in [4.78, 5) is 36.7. The molecule has 1 aliphatic heterocycles. The molecule has 116 valence electrons. The highest BCUT2D eigenvalue weighted by Gasteiger charge is 2.40. The number of benzene rings is 1. The van der Waals surface area contributed by atoms with Gasteiger partial charge < -0.3 is 15.3 Å². The summed E-state index contributed by atoms with van der Waals surface area (Å²) in [6, 6.07) is 3.80. The van der Waals surface area contributed by atoms with E-state index in [9.17, 15) is 18.8 Å². The van der Waals surface area contributed by atoms with Gasteiger partial charge in [-0.15, -0.1) is 0 Å². The molecule has 3 rings (SSSR count). The third-order valence-electron chi connectivity index (χ3n) is 3.93. The highest BCUT2D eigenvalue weighted by atomic mass is 19.1. The molecule has 1 aromatic rings. The average molecular weight is 306 g/mol. The fourth-order valence-corrected chi connectivity index (χ4v) is 2.78. The minimum Gasteiger partial charge on any atom is -0.480 e. The van der Waals surface area contributed by atoms with Crippen molar-refractivity contribution in [3.05, 3.63) is 29.6 Å². The van der Waals surface area contributed by atoms with Crippen molar-refractivity contribution in [1.29, 1.82) is 0 Å². The van der Waals surface area contributed by atoms with Gasteiger partial charge in [-0.1, -0.05) is 6.07 Å². The maximum absolute atomic E-state index is 13.3. The predicted octanol–water partition coefficient (Wildman–Crippen LogP) is 1.33. The molecular formula is C15H15FN2O4. The zero-order valence-corrected chi connectivity index (χ0v) is 11.7. The fourth-order valence-electron chi connectivity index (χ4n) is 2.78. The molecule has 0 radical (unpaired) electrons. The Morgan fingerprint density at radius 3 is 2.73 bits per heavy atom. The van der Waals surface area contributed by atoms with Gasteiger partial charge in [-0.2, -0.15) is 0 Å². The number of aliphatic carboxylic acids is 1. The Bertz CT molecular complexity index is 657. The zero-order valence-electron chi connectivity index (χ0n) is 11.7. The maximum atomic E-state index is 13.3. The summed E-state index contributed by atoms with van der Waals surface area (Å²) in [6.45, 7) is -0.377. The smallest absolute Gasteiger partial charge is 0.323 e. The van der Waals surface area contributed by atoms with Crippen LogP contribution in [0.25, 0.3) is 0 Å². The number of amides is 2. The van der Waals surface area contributed by atoms with Crippen LogP contribution in [0.15, 0.2) is 18.2 Å². The lowest BCUT2D eigenvalue weighted by molar-refractivity contribution is -0.146. The number of hydrogen-bond donors (Lipinski definition) is 2. The average Bonchev–Trinajstić information content (AvgIpc) is 3.27. The molecule has 1 fully saturated rings. The van der Waals surface area contributed by atoms with Crippen LogP contribution in [0.4, 0.5) is 10.1 Å². The zero-order chi connectivity index (χ0) is 15.9. The molecule has 2 N–H and O–H groups in total. The van der Waals surface area contributed by atoms with Gasteiger partial charge in [0.25, 0.3) is 0 Å². The van der Waals surface area contributed by atoms with E-state index in [2.05, 4.69) is 5.32 Å². The van der Waals surface area contributed by atoms with Gasteiger partial charge in [0.15, 0.2) is 0 Å². The Balaban J connectivity index is 1.91. The number of carbonyl (C=O) groups excluding carboxylic acids is 2. The molecule has 2 amide bonds. The number of carbonyl (C=O) groups is 3. The van der Waals surface area contributed by atoms with Crippen LogP contribution >= 0.6 is 0 Å². The minimum absolute atomic E-state index is 0.0553. The largest absolute Gasteiger partial charge is 0.480 e. The number of anilines is 1. The molecule has 22 heavy (non-hydrogen) atoms. The maximum Gasteiger partial charge on any atom is 0.323 e. The molecule has 1 heterocycles. The van der Waals surface area contributed by atoms with Crippen LogP contribution in [0, 0.1) is 5.82 Å². The highest BCUT2D eigenvalue weighted by Crippen LogP contribution is 2.36. The van der Waals surface area contributed by atoms with Gasteiger partial charge in [0, 0.05) is 18.2 Å². The van der Waals surface area contributed by atoms with E-state index in [0.29, 0.717) is 5.56 Å². The van der Waals surface area contributed by atoms with E-state index >= 15 is 0 Å². The lowest BCUT2D eigenvalue weighted by Gasteiger charge is -2.30. The van der Waals surface area contributed by atoms with Crippen molar-refractivity contribution in [2.75, 3.05) is 11.9 Å². The topological polar surface area (TPSA) is 86.7 Å². The van der Waals surface area contributed by atoms with Crippen LogP contribution in [-0.4, -0.2) is 40.4 Å². The van der Waals surface area contributed by atoms with Crippen molar-refractivity contribution in [3.63, 3.8) is 0 Å². The van der Waals surface area contributed by atoms with E-state index in [1.807, 2.05) is 0 Å². The summed E-state index contributed by atoms with van der Waals surface area (Å²) >= 11 is 0. The molecule has 0 bridgehead atoms. The summed E-state index contributed by atoms with van der Waals surface area (Å²) < 4.78 is 13.3. The van der Waals surface area contributed by atoms with E-state index in [1.165, 1.54) is 23.1 Å². The molecule has 7 heteroatoms. The first-order chi connectivity index (χ1) is 10.5. The van der Waals surface area contributed by atoms with Crippen molar-refractivity contribution in [3.8, 4) is 0 Å². The number of rotatable bonds is 4. The van der Waals surface area contributed by atoms with Crippen molar-refractivity contribution < 1.29 is 23.9 Å². The Hall–Kier alpha value is -2.44. The normalized spacial score (nSPS) is 20.0. The summed E-state index contributed by atoms with van der Waals surface area (Å²) in [5, 5.41) is 11.5. The van der Waals surface area contributed by atoms with Crippen LogP contribution in [-0.2, 0) is 14.4 Å². The molecule has 2 aliphatic rings. The Labute approximate surface area is 125 Å². The predicted molar refractivity (Wildman–Crippen MR) is 74.8 cm³/mol. The molecule has 0 aromatic heterocycles. The molecule has 1 aromatic carbocycles. The quantitative estimate of drug-likeness (QED) is 0.878. The van der Waals surface area contributed by atoms with E-state index in [4.69, 9.17) is 5.11 Å². The van der Waals surface area contributed by atoms with Crippen LogP contribution in [0.1, 0.15) is 30.7 Å². The first kappa shape index (κ1) is 14.5. The number of hydrogen-bond acceptors (Lipinski definition) is 3. The lowest BCUT2D eigenvalue weighted by atomic mass is 9.89. The van der Waals surface area contributed by atoms with Gasteiger partial charge in [-0.05, 0) is 30.5 Å². The van der Waals surface area contributed by atoms with Gasteiger partial charge in [0.1, 0.15) is 12.4 Å². The van der Waals surface area contributed by atoms with Crippen LogP contribution in [0.3, 0.4) is 0 Å². The Morgan fingerprint density at radius 2 is 2.09 bits per heavy atom. The number of fused-ring (bicyclic) bond motifs is 1. The summed E-state index contributed by atoms with van der Waals surface area (Å²) in [7, 11) is 0. The van der Waals surface area contributed by atoms with Gasteiger partial charge in [0.2, 0.25) is 11.8 Å². The summed E-state index contributed by atoms with van der Waals surface area (Å²) in [5.74, 6) is -3.10. The van der Waals surface area contributed by atoms with E-state index in [-0.39, 0.29) is 36.5 Å². The number of carboxylic acids is 1. The molecule has 6 nitrogen and oxygen atoms in total. The molecule has 0 saturated heterocycles.